The Morgan fingerprint density at radius 1 is 1.03 bits per heavy atom. The van der Waals surface area contributed by atoms with Gasteiger partial charge in [0.15, 0.2) is 11.3 Å². The molecule has 0 atom stereocenters. The highest BCUT2D eigenvalue weighted by molar-refractivity contribution is 6.13. The number of aryl methyl sites for hydroxylation is 1. The summed E-state index contributed by atoms with van der Waals surface area (Å²) < 4.78 is 47.1. The molecule has 4 rings (SSSR count). The molecule has 0 bridgehead atoms. The van der Waals surface area contributed by atoms with Gasteiger partial charge in [-0.05, 0) is 66.1 Å². The quantitative estimate of drug-likeness (QED) is 0.309. The minimum absolute atomic E-state index is 0.0333. The zero-order chi connectivity index (χ0) is 27.8. The Balaban J connectivity index is 1.80. The number of aromatic nitrogens is 1. The van der Waals surface area contributed by atoms with Crippen molar-refractivity contribution in [3.05, 3.63) is 76.5 Å². The van der Waals surface area contributed by atoms with E-state index >= 15 is 0 Å². The van der Waals surface area contributed by atoms with Crippen molar-refractivity contribution in [2.45, 2.75) is 20.0 Å². The number of carboxylic acid groups (broad SMARTS) is 1. The monoisotopic (exact) mass is 522 g/mol. The number of carbonyl (C=O) groups excluding carboxylic acids is 2. The fourth-order valence-electron chi connectivity index (χ4n) is 3.92. The molecule has 0 aliphatic heterocycles. The van der Waals surface area contributed by atoms with Crippen LogP contribution in [0.1, 0.15) is 44.5 Å². The Morgan fingerprint density at radius 2 is 1.76 bits per heavy atom. The van der Waals surface area contributed by atoms with Gasteiger partial charge in [-0.15, -0.1) is 0 Å². The van der Waals surface area contributed by atoms with Crippen LogP contribution in [0.2, 0.25) is 0 Å². The Hall–Kier alpha value is -5.18. The molecule has 0 spiro atoms. The van der Waals surface area contributed by atoms with Crippen LogP contribution in [0.3, 0.4) is 0 Å². The molecule has 0 saturated heterocycles. The highest BCUT2D eigenvalue weighted by atomic mass is 19.4. The van der Waals surface area contributed by atoms with E-state index in [9.17, 15) is 32.7 Å². The molecule has 9 nitrogen and oxygen atoms in total. The van der Waals surface area contributed by atoms with Gasteiger partial charge in [-0.25, -0.2) is 4.79 Å². The third-order valence-electron chi connectivity index (χ3n) is 5.59. The smallest absolute Gasteiger partial charge is 0.417 e. The SMILES string of the molecule is CC(=O)Nc1ccc(-c2cc3c(C(=O)Nc4ccc(C#N)cc4C(=O)O)noc3cc2C)c(C(F)(F)F)c1. The number of carboxylic acids is 1. The third kappa shape index (κ3) is 5.03. The van der Waals surface area contributed by atoms with Gasteiger partial charge in [0.2, 0.25) is 5.91 Å². The maximum Gasteiger partial charge on any atom is 0.417 e. The van der Waals surface area contributed by atoms with Crippen molar-refractivity contribution in [3.8, 4) is 17.2 Å². The molecule has 0 fully saturated rings. The molecule has 12 heteroatoms. The van der Waals surface area contributed by atoms with Crippen LogP contribution in [-0.4, -0.2) is 28.0 Å². The predicted octanol–water partition coefficient (Wildman–Crippen LogP) is 5.60. The highest BCUT2D eigenvalue weighted by Gasteiger charge is 2.35. The van der Waals surface area contributed by atoms with Crippen LogP contribution in [-0.2, 0) is 11.0 Å². The van der Waals surface area contributed by atoms with E-state index in [1.165, 1.54) is 43.3 Å². The van der Waals surface area contributed by atoms with Gasteiger partial charge in [0.05, 0.1) is 33.8 Å². The third-order valence-corrected chi connectivity index (χ3v) is 5.59. The number of carbonyl (C=O) groups is 3. The fourth-order valence-corrected chi connectivity index (χ4v) is 3.92. The van der Waals surface area contributed by atoms with Crippen LogP contribution in [0.25, 0.3) is 22.1 Å². The molecule has 0 radical (unpaired) electrons. The molecule has 0 saturated carbocycles. The van der Waals surface area contributed by atoms with Crippen LogP contribution in [0.15, 0.2) is 53.1 Å². The number of hydrogen-bond acceptors (Lipinski definition) is 6. The number of alkyl halides is 3. The molecule has 1 aromatic heterocycles. The van der Waals surface area contributed by atoms with Crippen LogP contribution in [0.4, 0.5) is 24.5 Å². The summed E-state index contributed by atoms with van der Waals surface area (Å²) in [5.41, 5.74) is -1.24. The maximum atomic E-state index is 14.0. The first-order chi connectivity index (χ1) is 17.9. The standard InChI is InChI=1S/C26H17F3N4O5/c1-12-7-22-19(10-17(12)16-5-4-15(31-13(2)34)9-20(16)26(27,28)29)23(33-38-22)24(35)32-21-6-3-14(11-30)8-18(21)25(36)37/h3-10H,1-2H3,(H,31,34)(H,32,35)(H,36,37). The van der Waals surface area contributed by atoms with Gasteiger partial charge in [0, 0.05) is 12.6 Å². The molecule has 0 aliphatic rings. The first-order valence-corrected chi connectivity index (χ1v) is 10.9. The minimum Gasteiger partial charge on any atom is -0.478 e. The van der Waals surface area contributed by atoms with Crippen LogP contribution < -0.4 is 10.6 Å². The Kier molecular flexibility index (Phi) is 6.61. The molecular formula is C26H17F3N4O5. The number of amides is 2. The van der Waals surface area contributed by atoms with Crippen molar-refractivity contribution in [2.75, 3.05) is 10.6 Å². The van der Waals surface area contributed by atoms with Crippen molar-refractivity contribution in [2.24, 2.45) is 0 Å². The molecule has 38 heavy (non-hydrogen) atoms. The number of hydrogen-bond donors (Lipinski definition) is 3. The van der Waals surface area contributed by atoms with Crippen molar-refractivity contribution in [1.82, 2.24) is 5.16 Å². The first-order valence-electron chi connectivity index (χ1n) is 10.9. The summed E-state index contributed by atoms with van der Waals surface area (Å²) in [4.78, 5) is 35.9. The normalized spacial score (nSPS) is 11.2. The highest BCUT2D eigenvalue weighted by Crippen LogP contribution is 2.41. The van der Waals surface area contributed by atoms with Gasteiger partial charge in [-0.3, -0.25) is 9.59 Å². The Labute approximate surface area is 212 Å². The van der Waals surface area contributed by atoms with E-state index in [0.717, 1.165) is 12.1 Å². The lowest BCUT2D eigenvalue weighted by atomic mass is 9.93. The molecule has 192 valence electrons. The molecule has 1 heterocycles. The van der Waals surface area contributed by atoms with E-state index in [-0.39, 0.29) is 50.3 Å². The number of rotatable bonds is 5. The molecule has 0 unspecified atom stereocenters. The van der Waals surface area contributed by atoms with E-state index in [1.54, 1.807) is 13.0 Å². The van der Waals surface area contributed by atoms with Crippen molar-refractivity contribution in [1.29, 1.82) is 5.26 Å². The largest absolute Gasteiger partial charge is 0.478 e. The number of nitriles is 1. The average Bonchev–Trinajstić information content (AvgIpc) is 3.25. The summed E-state index contributed by atoms with van der Waals surface area (Å²) in [6, 6.07) is 11.6. The minimum atomic E-state index is -4.76. The van der Waals surface area contributed by atoms with E-state index in [1.807, 2.05) is 0 Å². The predicted molar refractivity (Wildman–Crippen MR) is 130 cm³/mol. The first kappa shape index (κ1) is 25.9. The summed E-state index contributed by atoms with van der Waals surface area (Å²) in [7, 11) is 0. The summed E-state index contributed by atoms with van der Waals surface area (Å²) in [5.74, 6) is -2.79. The lowest BCUT2D eigenvalue weighted by Gasteiger charge is -2.16. The molecule has 3 N–H and O–H groups in total. The topological polar surface area (TPSA) is 145 Å². The van der Waals surface area contributed by atoms with E-state index < -0.39 is 29.5 Å². The summed E-state index contributed by atoms with van der Waals surface area (Å²) in [6.07, 6.45) is -4.76. The maximum absolute atomic E-state index is 14.0. The molecule has 3 aromatic carbocycles. The number of fused-ring (bicyclic) bond motifs is 1. The van der Waals surface area contributed by atoms with Crippen molar-refractivity contribution >= 4 is 40.1 Å². The number of anilines is 2. The van der Waals surface area contributed by atoms with Gasteiger partial charge in [-0.2, -0.15) is 18.4 Å². The lowest BCUT2D eigenvalue weighted by Crippen LogP contribution is -2.15. The van der Waals surface area contributed by atoms with Gasteiger partial charge in [0.1, 0.15) is 0 Å². The number of aromatic carboxylic acids is 1. The van der Waals surface area contributed by atoms with Crippen molar-refractivity contribution in [3.63, 3.8) is 0 Å². The van der Waals surface area contributed by atoms with Gasteiger partial charge < -0.3 is 20.3 Å². The van der Waals surface area contributed by atoms with Gasteiger partial charge in [0.25, 0.3) is 5.91 Å². The number of halogens is 3. The van der Waals surface area contributed by atoms with Gasteiger partial charge in [-0.1, -0.05) is 11.2 Å². The lowest BCUT2D eigenvalue weighted by molar-refractivity contribution is -0.137. The van der Waals surface area contributed by atoms with Crippen LogP contribution in [0.5, 0.6) is 0 Å². The van der Waals surface area contributed by atoms with Crippen LogP contribution >= 0.6 is 0 Å². The van der Waals surface area contributed by atoms with E-state index in [4.69, 9.17) is 9.78 Å². The van der Waals surface area contributed by atoms with Crippen LogP contribution in [0, 0.1) is 18.3 Å². The zero-order valence-corrected chi connectivity index (χ0v) is 19.7. The Morgan fingerprint density at radius 3 is 2.39 bits per heavy atom. The van der Waals surface area contributed by atoms with Crippen molar-refractivity contribution < 1.29 is 37.2 Å². The number of nitrogens with zero attached hydrogens (tertiary/aromatic N) is 2. The number of benzene rings is 3. The van der Waals surface area contributed by atoms with Gasteiger partial charge >= 0.3 is 12.1 Å². The summed E-state index contributed by atoms with van der Waals surface area (Å²) in [5, 5.41) is 27.0. The fraction of sp³-hybridized carbons (Fsp3) is 0.115. The average molecular weight is 522 g/mol. The second kappa shape index (κ2) is 9.70. The Bertz CT molecular complexity index is 1670. The zero-order valence-electron chi connectivity index (χ0n) is 19.7. The summed E-state index contributed by atoms with van der Waals surface area (Å²) >= 11 is 0. The second-order valence-corrected chi connectivity index (χ2v) is 8.27. The van der Waals surface area contributed by atoms with E-state index in [0.29, 0.717) is 5.56 Å². The number of nitrogens with one attached hydrogen (secondary N) is 2. The second-order valence-electron chi connectivity index (χ2n) is 8.27. The summed E-state index contributed by atoms with van der Waals surface area (Å²) in [6.45, 7) is 2.74. The molecule has 0 aliphatic carbocycles. The molecular weight excluding hydrogens is 505 g/mol. The molecule has 2 amide bonds. The van der Waals surface area contributed by atoms with E-state index in [2.05, 4.69) is 15.8 Å². The molecule has 4 aromatic rings.